The molecule has 10 aliphatic heterocycles. The van der Waals surface area contributed by atoms with Gasteiger partial charge in [0.15, 0.2) is 25.8 Å². The van der Waals surface area contributed by atoms with E-state index in [9.17, 15) is 47.9 Å². The summed E-state index contributed by atoms with van der Waals surface area (Å²) in [5.74, 6) is 2.73. The standard InChI is InChI=1S/5C19H22N2O5S.C2H6O/c5*1-6-14-17(22)21-16(12-9-11(24-3)7-8-13(12)25-4)15(18(23)26-5)10(2)20-19(21)27-14;1-2-3/h5*7-9,14,16H,6H2,1-5H3;3H,2H2,1H3. The fourth-order valence-corrected chi connectivity index (χ4v) is 22.2. The number of aliphatic hydroxyl groups is 1. The van der Waals surface area contributed by atoms with Gasteiger partial charge in [-0.05, 0) is 165 Å². The Morgan fingerprint density at radius 2 is 0.413 bits per heavy atom. The predicted octanol–water partition coefficient (Wildman–Crippen LogP) is 14.6. The van der Waals surface area contributed by atoms with Gasteiger partial charge in [0.05, 0.1) is 189 Å². The predicted molar refractivity (Wildman–Crippen MR) is 528 cm³/mol. The van der Waals surface area contributed by atoms with E-state index in [2.05, 4.69) is 25.0 Å². The number of aliphatic imine (C=N–C) groups is 5. The molecule has 15 rings (SSSR count). The quantitative estimate of drug-likeness (QED) is 0.0419. The maximum Gasteiger partial charge on any atom is 0.338 e. The first-order valence-corrected chi connectivity index (χ1v) is 48.2. The number of carbonyl (C=O) groups excluding carboxylic acids is 10. The van der Waals surface area contributed by atoms with E-state index in [0.717, 1.165) is 0 Å². The molecule has 10 heterocycles. The topological polar surface area (TPSA) is 407 Å². The summed E-state index contributed by atoms with van der Waals surface area (Å²) in [6.07, 6.45) is 3.37. The normalized spacial score (nSPS) is 21.4. The Morgan fingerprint density at radius 1 is 0.268 bits per heavy atom. The smallest absolute Gasteiger partial charge is 0.338 e. The van der Waals surface area contributed by atoms with Gasteiger partial charge in [0, 0.05) is 34.4 Å². The number of fused-ring (bicyclic) bond motifs is 5. The third-order valence-corrected chi connectivity index (χ3v) is 29.9. The third-order valence-electron chi connectivity index (χ3n) is 23.3. The number of nitrogens with zero attached hydrogens (tertiary/aromatic N) is 10. The van der Waals surface area contributed by atoms with E-state index in [4.69, 9.17) is 76.2 Å². The number of methoxy groups -OCH3 is 15. The highest BCUT2D eigenvalue weighted by Crippen LogP contribution is 2.54. The fourth-order valence-electron chi connectivity index (χ4n) is 16.5. The maximum absolute atomic E-state index is 13.0. The SMILES string of the molecule is CCC1SC2=NC(C)=C(C(=O)OC)C(c3cc(OC)ccc3OC)N2C1=O.CCC1SC2=NC(C)=C(C(=O)OC)C(c3cc(OC)ccc3OC)N2C1=O.CCC1SC2=NC(C)=C(C(=O)OC)C(c3cc(OC)ccc3OC)N2C1=O.CCC1SC2=NC(C)=C(C(=O)OC)C(c3cc(OC)ccc3OC)N2C1=O.CCC1SC2=NC(C)=C(C(=O)OC)C(c3cc(OC)ccc3OC)N2C1=O.CCO. The van der Waals surface area contributed by atoms with E-state index >= 15 is 0 Å². The molecule has 0 aromatic heterocycles. The Labute approximate surface area is 823 Å². The zero-order valence-corrected chi connectivity index (χ0v) is 85.9. The number of esters is 5. The number of carbonyl (C=O) groups is 10. The van der Waals surface area contributed by atoms with Gasteiger partial charge in [0.25, 0.3) is 0 Å². The van der Waals surface area contributed by atoms with Crippen LogP contribution in [0.5, 0.6) is 57.5 Å². The minimum Gasteiger partial charge on any atom is -0.497 e. The molecule has 0 radical (unpaired) electrons. The lowest BCUT2D eigenvalue weighted by Gasteiger charge is -2.33. The molecule has 1 N–H and O–H groups in total. The van der Waals surface area contributed by atoms with Crippen molar-refractivity contribution in [3.05, 3.63) is 175 Å². The van der Waals surface area contributed by atoms with Crippen molar-refractivity contribution < 1.29 is 124 Å². The van der Waals surface area contributed by atoms with Gasteiger partial charge in [0.2, 0.25) is 29.5 Å². The van der Waals surface area contributed by atoms with E-state index < -0.39 is 60.1 Å². The number of amidine groups is 5. The summed E-state index contributed by atoms with van der Waals surface area (Å²) in [6.45, 7) is 20.5. The molecule has 0 saturated carbocycles. The maximum atomic E-state index is 13.0. The summed E-state index contributed by atoms with van der Waals surface area (Å²) in [5, 5.41) is 9.37. The number of ether oxygens (including phenoxy) is 15. The molecule has 5 saturated heterocycles. The van der Waals surface area contributed by atoms with Crippen molar-refractivity contribution in [2.45, 2.75) is 165 Å². The average Bonchev–Trinajstić information content (AvgIpc) is 1.58. The zero-order chi connectivity index (χ0) is 101. The summed E-state index contributed by atoms with van der Waals surface area (Å²) >= 11 is 7.09. The minimum atomic E-state index is -0.688. The Kier molecular flexibility index (Phi) is 37.6. The van der Waals surface area contributed by atoms with Crippen molar-refractivity contribution in [2.24, 2.45) is 25.0 Å². The van der Waals surface area contributed by atoms with Gasteiger partial charge < -0.3 is 76.2 Å². The second-order valence-electron chi connectivity index (χ2n) is 30.9. The number of thioether (sulfide) groups is 5. The Morgan fingerprint density at radius 3 is 0.529 bits per heavy atom. The molecular weight excluding hydrogens is 1880 g/mol. The van der Waals surface area contributed by atoms with Crippen LogP contribution in [0.15, 0.2) is 172 Å². The lowest BCUT2D eigenvalue weighted by molar-refractivity contribution is -0.138. The van der Waals surface area contributed by atoms with Gasteiger partial charge in [-0.15, -0.1) is 0 Å². The van der Waals surface area contributed by atoms with Gasteiger partial charge in [-0.25, -0.2) is 48.9 Å². The molecule has 10 unspecified atom stereocenters. The van der Waals surface area contributed by atoms with Crippen LogP contribution in [0.3, 0.4) is 0 Å². The summed E-state index contributed by atoms with van der Waals surface area (Å²) in [5.41, 5.74) is 7.47. The molecule has 5 fully saturated rings. The van der Waals surface area contributed by atoms with E-state index in [1.807, 2.05) is 34.6 Å². The largest absolute Gasteiger partial charge is 0.497 e. The van der Waals surface area contributed by atoms with Crippen LogP contribution in [0.4, 0.5) is 0 Å². The first-order chi connectivity index (χ1) is 66.2. The molecule has 5 amide bonds. The molecule has 10 aliphatic rings. The highest BCUT2D eigenvalue weighted by molar-refractivity contribution is 8.16. The van der Waals surface area contributed by atoms with Crippen molar-refractivity contribution in [2.75, 3.05) is 113 Å². The summed E-state index contributed by atoms with van der Waals surface area (Å²) in [7, 11) is 22.1. The van der Waals surface area contributed by atoms with Crippen LogP contribution in [0, 0.1) is 0 Å². The van der Waals surface area contributed by atoms with Gasteiger partial charge in [-0.2, -0.15) is 0 Å². The zero-order valence-electron chi connectivity index (χ0n) is 81.8. The molecule has 5 aromatic rings. The third kappa shape index (κ3) is 21.7. The number of rotatable bonds is 25. The van der Waals surface area contributed by atoms with Gasteiger partial charge in [0.1, 0.15) is 87.7 Å². The van der Waals surface area contributed by atoms with Crippen LogP contribution in [0.2, 0.25) is 0 Å². The van der Waals surface area contributed by atoms with Crippen LogP contribution in [-0.4, -0.2) is 254 Å². The number of benzene rings is 5. The van der Waals surface area contributed by atoms with Crippen LogP contribution >= 0.6 is 58.8 Å². The fraction of sp³-hybridized carbons (Fsp3) is 0.433. The molecule has 0 bridgehead atoms. The molecule has 5 aromatic carbocycles. The highest BCUT2D eigenvalue weighted by atomic mass is 32.2. The number of aliphatic hydroxyl groups excluding tert-OH is 1. The molecule has 740 valence electrons. The number of hydrogen-bond acceptors (Lipinski definition) is 36. The van der Waals surface area contributed by atoms with Gasteiger partial charge in [-0.3, -0.25) is 48.5 Å². The Balaban J connectivity index is 0.000000177. The number of allylic oxidation sites excluding steroid dienone is 5. The van der Waals surface area contributed by atoms with Crippen molar-refractivity contribution in [1.82, 2.24) is 24.5 Å². The van der Waals surface area contributed by atoms with Gasteiger partial charge in [-0.1, -0.05) is 93.4 Å². The first-order valence-electron chi connectivity index (χ1n) is 43.8. The molecule has 10 atom stereocenters. The van der Waals surface area contributed by atoms with Crippen molar-refractivity contribution in [3.8, 4) is 57.5 Å². The van der Waals surface area contributed by atoms with Crippen LogP contribution in [0.25, 0.3) is 0 Å². The van der Waals surface area contributed by atoms with E-state index in [-0.39, 0.29) is 62.4 Å². The van der Waals surface area contributed by atoms with E-state index in [0.29, 0.717) is 200 Å². The summed E-state index contributed by atoms with van der Waals surface area (Å²) in [6, 6.07) is 23.1. The molecule has 36 nitrogen and oxygen atoms in total. The van der Waals surface area contributed by atoms with E-state index in [1.54, 1.807) is 228 Å². The average molecular weight is 2000 g/mol. The van der Waals surface area contributed by atoms with Crippen molar-refractivity contribution >= 4 is 144 Å². The summed E-state index contributed by atoms with van der Waals surface area (Å²) < 4.78 is 79.3. The lowest BCUT2D eigenvalue weighted by Crippen LogP contribution is -2.40. The van der Waals surface area contributed by atoms with Crippen LogP contribution < -0.4 is 47.4 Å². The second kappa shape index (κ2) is 48.2. The molecule has 0 spiro atoms. The monoisotopic (exact) mass is 2000 g/mol. The second-order valence-corrected chi connectivity index (χ2v) is 36.8. The van der Waals surface area contributed by atoms with Gasteiger partial charge >= 0.3 is 29.8 Å². The number of hydrogen-bond donors (Lipinski definition) is 1. The number of amides is 5. The summed E-state index contributed by atoms with van der Waals surface area (Å²) in [4.78, 5) is 159. The van der Waals surface area contributed by atoms with Crippen LogP contribution in [-0.2, 0) is 71.6 Å². The first kappa shape index (κ1) is 108. The van der Waals surface area contributed by atoms with Crippen molar-refractivity contribution in [3.63, 3.8) is 0 Å². The molecule has 0 aliphatic carbocycles. The molecule has 138 heavy (non-hydrogen) atoms. The Bertz CT molecular complexity index is 5080. The Hall–Kier alpha value is -12.4. The van der Waals surface area contributed by atoms with Crippen molar-refractivity contribution in [1.29, 1.82) is 0 Å². The lowest BCUT2D eigenvalue weighted by atomic mass is 9.93. The molecular formula is C97H116N10O26S5. The highest BCUT2D eigenvalue weighted by Gasteiger charge is 2.54. The molecule has 41 heteroatoms. The van der Waals surface area contributed by atoms with E-state index in [1.165, 1.54) is 94.4 Å². The van der Waals surface area contributed by atoms with Crippen LogP contribution in [0.1, 0.15) is 166 Å². The minimum absolute atomic E-state index is 0.0787.